The quantitative estimate of drug-likeness (QED) is 0.478. The number of sulfonamides is 1. The number of aryl methyl sites for hydroxylation is 1. The highest BCUT2D eigenvalue weighted by molar-refractivity contribution is 7.89. The van der Waals surface area contributed by atoms with Crippen LogP contribution in [0.15, 0.2) is 41.4 Å². The Morgan fingerprint density at radius 2 is 1.91 bits per heavy atom. The number of hydrogen-bond acceptors (Lipinski definition) is 7. The fraction of sp³-hybridized carbons (Fsp3) is 0.500. The zero-order valence-electron chi connectivity index (χ0n) is 20.0. The Kier molecular flexibility index (Phi) is 9.53. The summed E-state index contributed by atoms with van der Waals surface area (Å²) in [5.41, 5.74) is 0.812. The van der Waals surface area contributed by atoms with Crippen LogP contribution < -0.4 is 15.4 Å². The molecule has 1 aliphatic rings. The maximum absolute atomic E-state index is 13.3. The Labute approximate surface area is 210 Å². The van der Waals surface area contributed by atoms with Crippen LogP contribution in [0.3, 0.4) is 0 Å². The van der Waals surface area contributed by atoms with Crippen molar-refractivity contribution in [3.8, 4) is 0 Å². The highest BCUT2D eigenvalue weighted by Crippen LogP contribution is 2.20. The molecule has 35 heavy (non-hydrogen) atoms. The molecule has 1 aliphatic heterocycles. The maximum atomic E-state index is 13.3. The molecule has 190 valence electrons. The van der Waals surface area contributed by atoms with Gasteiger partial charge in [-0.25, -0.2) is 12.8 Å². The molecule has 1 aromatic heterocycles. The average Bonchev–Trinajstić information content (AvgIpc) is 3.26. The zero-order chi connectivity index (χ0) is 25.4. The number of aromatic nitrogens is 1. The summed E-state index contributed by atoms with van der Waals surface area (Å²) in [5.74, 6) is -2.18. The van der Waals surface area contributed by atoms with Crippen LogP contribution in [0.5, 0.6) is 0 Å². The first-order chi connectivity index (χ1) is 16.7. The molecule has 0 saturated heterocycles. The fourth-order valence-electron chi connectivity index (χ4n) is 3.93. The predicted octanol–water partition coefficient (Wildman–Crippen LogP) is 1.98. The number of fused-ring (bicyclic) bond motifs is 1. The summed E-state index contributed by atoms with van der Waals surface area (Å²) in [6.45, 7) is 4.12. The number of rotatable bonds is 7. The molecule has 3 N–H and O–H groups in total. The number of Topliss-reactive ketones (excluding diaryl/α,β-unsaturated/α-hetero) is 1. The number of amides is 2. The van der Waals surface area contributed by atoms with Crippen molar-refractivity contribution in [2.75, 3.05) is 6.54 Å². The molecule has 3 rings (SSSR count). The molecule has 2 heterocycles. The lowest BCUT2D eigenvalue weighted by Crippen LogP contribution is -2.55. The summed E-state index contributed by atoms with van der Waals surface area (Å²) < 4.78 is 32.5. The first-order valence-corrected chi connectivity index (χ1v) is 14.0. The first kappa shape index (κ1) is 27.0. The molecule has 9 nitrogen and oxygen atoms in total. The first-order valence-electron chi connectivity index (χ1n) is 11.8. The average molecular weight is 521 g/mol. The number of carbonyl (C=O) groups is 3. The lowest BCUT2D eigenvalue weighted by molar-refractivity contribution is -0.140. The molecule has 0 aliphatic carbocycles. The lowest BCUT2D eigenvalue weighted by Gasteiger charge is -2.24. The van der Waals surface area contributed by atoms with Gasteiger partial charge in [0.25, 0.3) is 5.91 Å². The van der Waals surface area contributed by atoms with E-state index in [0.29, 0.717) is 6.54 Å². The normalized spacial score (nSPS) is 18.7. The number of nitrogens with zero attached hydrogens (tertiary/aromatic N) is 1. The molecule has 2 atom stereocenters. The van der Waals surface area contributed by atoms with E-state index >= 15 is 0 Å². The Balaban J connectivity index is 1.84. The summed E-state index contributed by atoms with van der Waals surface area (Å²) in [5, 5.41) is 5.29. The highest BCUT2D eigenvalue weighted by atomic mass is 32.2. The Hall–Kier alpha value is -2.63. The van der Waals surface area contributed by atoms with Crippen molar-refractivity contribution >= 4 is 39.2 Å². The van der Waals surface area contributed by atoms with E-state index in [4.69, 9.17) is 0 Å². The second-order valence-electron chi connectivity index (χ2n) is 9.09. The lowest BCUT2D eigenvalue weighted by atomic mass is 9.98. The van der Waals surface area contributed by atoms with Crippen LogP contribution >= 0.6 is 11.5 Å². The van der Waals surface area contributed by atoms with Gasteiger partial charge < -0.3 is 10.6 Å². The predicted molar refractivity (Wildman–Crippen MR) is 133 cm³/mol. The van der Waals surface area contributed by atoms with Gasteiger partial charge in [-0.15, -0.1) is 0 Å². The van der Waals surface area contributed by atoms with Crippen molar-refractivity contribution in [3.63, 3.8) is 0 Å². The number of ketones is 1. The van der Waals surface area contributed by atoms with Crippen molar-refractivity contribution in [1.82, 2.24) is 19.7 Å². The molecular formula is C24H32N4O5S2. The van der Waals surface area contributed by atoms with Crippen LogP contribution in [0.2, 0.25) is 0 Å². The van der Waals surface area contributed by atoms with Gasteiger partial charge >= 0.3 is 0 Å². The maximum Gasteiger partial charge on any atom is 0.289 e. The Morgan fingerprint density at radius 3 is 2.63 bits per heavy atom. The SMILES string of the molecule is CC(C)CC(NS(=O)(=O)c1ccccc1)C(=O)NC1Cc2cnsc2CCCCCNC(=O)C1=O. The van der Waals surface area contributed by atoms with E-state index < -0.39 is 39.7 Å². The molecule has 11 heteroatoms. The van der Waals surface area contributed by atoms with Crippen LogP contribution in [0, 0.1) is 5.92 Å². The summed E-state index contributed by atoms with van der Waals surface area (Å²) in [6.07, 6.45) is 5.43. The van der Waals surface area contributed by atoms with Crippen LogP contribution in [0.25, 0.3) is 0 Å². The molecule has 1 aromatic carbocycles. The van der Waals surface area contributed by atoms with Gasteiger partial charge in [0.2, 0.25) is 21.7 Å². The van der Waals surface area contributed by atoms with Gasteiger partial charge in [0.15, 0.2) is 0 Å². The number of carbonyl (C=O) groups excluding carboxylic acids is 3. The summed E-state index contributed by atoms with van der Waals surface area (Å²) in [6, 6.07) is 5.54. The van der Waals surface area contributed by atoms with E-state index in [-0.39, 0.29) is 23.7 Å². The van der Waals surface area contributed by atoms with Gasteiger partial charge in [0.05, 0.1) is 4.90 Å². The second kappa shape index (κ2) is 12.4. The fourth-order valence-corrected chi connectivity index (χ4v) is 5.95. The van der Waals surface area contributed by atoms with Gasteiger partial charge in [-0.2, -0.15) is 4.72 Å². The zero-order valence-corrected chi connectivity index (χ0v) is 21.6. The van der Waals surface area contributed by atoms with Crippen molar-refractivity contribution in [2.45, 2.75) is 69.4 Å². The summed E-state index contributed by atoms with van der Waals surface area (Å²) >= 11 is 1.35. The molecule has 0 saturated carbocycles. The minimum Gasteiger partial charge on any atom is -0.349 e. The third-order valence-electron chi connectivity index (χ3n) is 5.75. The third kappa shape index (κ3) is 7.68. The Bertz CT molecular complexity index is 1130. The van der Waals surface area contributed by atoms with Crippen molar-refractivity contribution in [3.05, 3.63) is 47.0 Å². The minimum absolute atomic E-state index is 0.00721. The Morgan fingerprint density at radius 1 is 1.17 bits per heavy atom. The highest BCUT2D eigenvalue weighted by Gasteiger charge is 2.33. The standard InChI is InChI=1S/C24H32N4O5S2/c1-16(2)13-20(28-35(32,33)18-9-5-3-6-10-18)23(30)27-19-14-17-15-26-34-21(17)11-7-4-8-12-25-24(31)22(19)29/h3,5-6,9-10,15-16,19-20,28H,4,7-8,11-14H2,1-2H3,(H,25,31)(H,27,30). The molecule has 0 spiro atoms. The number of benzene rings is 1. The van der Waals surface area contributed by atoms with E-state index in [2.05, 4.69) is 19.7 Å². The van der Waals surface area contributed by atoms with E-state index in [1.807, 2.05) is 13.8 Å². The van der Waals surface area contributed by atoms with E-state index in [1.54, 1.807) is 24.4 Å². The van der Waals surface area contributed by atoms with Crippen molar-refractivity contribution < 1.29 is 22.8 Å². The van der Waals surface area contributed by atoms with Gasteiger partial charge in [0, 0.05) is 24.0 Å². The van der Waals surface area contributed by atoms with Gasteiger partial charge in [-0.05, 0) is 60.8 Å². The van der Waals surface area contributed by atoms with Crippen LogP contribution in [-0.2, 0) is 37.2 Å². The molecule has 0 bridgehead atoms. The van der Waals surface area contributed by atoms with E-state index in [1.165, 1.54) is 23.7 Å². The molecule has 0 radical (unpaired) electrons. The van der Waals surface area contributed by atoms with Gasteiger partial charge in [0.1, 0.15) is 12.1 Å². The van der Waals surface area contributed by atoms with Gasteiger partial charge in [-0.1, -0.05) is 38.5 Å². The smallest absolute Gasteiger partial charge is 0.289 e. The topological polar surface area (TPSA) is 134 Å². The molecular weight excluding hydrogens is 488 g/mol. The van der Waals surface area contributed by atoms with Crippen LogP contribution in [-0.4, -0.2) is 49.0 Å². The minimum atomic E-state index is -3.97. The molecule has 2 unspecified atom stereocenters. The molecule has 2 aromatic rings. The van der Waals surface area contributed by atoms with Crippen LogP contribution in [0.1, 0.15) is 50.0 Å². The number of nitrogens with one attached hydrogen (secondary N) is 3. The molecule has 2 amide bonds. The second-order valence-corrected chi connectivity index (χ2v) is 11.7. The monoisotopic (exact) mass is 520 g/mol. The number of hydrogen-bond donors (Lipinski definition) is 3. The van der Waals surface area contributed by atoms with Gasteiger partial charge in [-0.3, -0.25) is 14.4 Å². The van der Waals surface area contributed by atoms with E-state index in [9.17, 15) is 22.8 Å². The largest absolute Gasteiger partial charge is 0.349 e. The third-order valence-corrected chi connectivity index (χ3v) is 8.14. The van der Waals surface area contributed by atoms with Crippen LogP contribution in [0.4, 0.5) is 0 Å². The van der Waals surface area contributed by atoms with Crippen molar-refractivity contribution in [2.24, 2.45) is 5.92 Å². The summed E-state index contributed by atoms with van der Waals surface area (Å²) in [7, 11) is -3.97. The van der Waals surface area contributed by atoms with Crippen molar-refractivity contribution in [1.29, 1.82) is 0 Å². The molecule has 0 fully saturated rings. The van der Waals surface area contributed by atoms with E-state index in [0.717, 1.165) is 36.1 Å². The summed E-state index contributed by atoms with van der Waals surface area (Å²) in [4.78, 5) is 39.9.